The molecule has 0 saturated carbocycles. The number of carbonyl (C=O) groups is 2. The van der Waals surface area contributed by atoms with Gasteiger partial charge in [0.15, 0.2) is 0 Å². The number of carbonyl (C=O) groups excluding carboxylic acids is 2. The topological polar surface area (TPSA) is 86.8 Å². The number of amides is 2. The minimum Gasteiger partial charge on any atom is -0.350 e. The van der Waals surface area contributed by atoms with Crippen molar-refractivity contribution in [3.8, 4) is 0 Å². The van der Waals surface area contributed by atoms with E-state index in [9.17, 15) is 18.0 Å². The SMILES string of the molecule is CC[C@@H](C(=O)NC(C)(C)C)N(CCc1ccccc1)C(=O)CN(c1c(C)cccc1C)S(C)(=O)=O. The number of aryl methyl sites for hydroxylation is 2. The van der Waals surface area contributed by atoms with Gasteiger partial charge in [0.1, 0.15) is 12.6 Å². The predicted octanol–water partition coefficient (Wildman–Crippen LogP) is 3.83. The van der Waals surface area contributed by atoms with E-state index in [1.165, 1.54) is 4.90 Å². The molecule has 7 nitrogen and oxygen atoms in total. The second-order valence-electron chi connectivity index (χ2n) is 10.00. The van der Waals surface area contributed by atoms with Crippen molar-refractivity contribution in [2.45, 2.75) is 66.0 Å². The minimum atomic E-state index is -3.75. The highest BCUT2D eigenvalue weighted by molar-refractivity contribution is 7.92. The van der Waals surface area contributed by atoms with Gasteiger partial charge in [-0.2, -0.15) is 0 Å². The first kappa shape index (κ1) is 28.4. The largest absolute Gasteiger partial charge is 0.350 e. The summed E-state index contributed by atoms with van der Waals surface area (Å²) in [5.74, 6) is -0.663. The van der Waals surface area contributed by atoms with Crippen molar-refractivity contribution < 1.29 is 18.0 Å². The van der Waals surface area contributed by atoms with Crippen molar-refractivity contribution >= 4 is 27.5 Å². The third-order valence-electron chi connectivity index (χ3n) is 5.74. The van der Waals surface area contributed by atoms with E-state index in [1.807, 2.05) is 90.1 Å². The van der Waals surface area contributed by atoms with E-state index in [2.05, 4.69) is 5.32 Å². The van der Waals surface area contributed by atoms with Crippen molar-refractivity contribution in [1.82, 2.24) is 10.2 Å². The van der Waals surface area contributed by atoms with Gasteiger partial charge in [-0.25, -0.2) is 8.42 Å². The number of hydrogen-bond acceptors (Lipinski definition) is 4. The molecule has 35 heavy (non-hydrogen) atoms. The third-order valence-corrected chi connectivity index (χ3v) is 6.85. The van der Waals surface area contributed by atoms with Gasteiger partial charge in [-0.3, -0.25) is 13.9 Å². The van der Waals surface area contributed by atoms with Crippen molar-refractivity contribution in [3.05, 3.63) is 65.2 Å². The van der Waals surface area contributed by atoms with Crippen LogP contribution in [0.4, 0.5) is 5.69 Å². The Bertz CT molecular complexity index is 1100. The molecule has 1 N–H and O–H groups in total. The van der Waals surface area contributed by atoms with E-state index in [0.29, 0.717) is 25.1 Å². The first-order valence-corrected chi connectivity index (χ1v) is 13.8. The highest BCUT2D eigenvalue weighted by Crippen LogP contribution is 2.27. The normalized spacial score (nSPS) is 12.7. The highest BCUT2D eigenvalue weighted by Gasteiger charge is 2.33. The van der Waals surface area contributed by atoms with Crippen LogP contribution in [0.5, 0.6) is 0 Å². The van der Waals surface area contributed by atoms with Crippen molar-refractivity contribution in [2.24, 2.45) is 0 Å². The molecule has 0 aliphatic heterocycles. The molecular weight excluding hydrogens is 462 g/mol. The van der Waals surface area contributed by atoms with Crippen molar-refractivity contribution in [3.63, 3.8) is 0 Å². The summed E-state index contributed by atoms with van der Waals surface area (Å²) in [6.45, 7) is 11.1. The van der Waals surface area contributed by atoms with Gasteiger partial charge in [0.2, 0.25) is 21.8 Å². The summed E-state index contributed by atoms with van der Waals surface area (Å²) in [5, 5.41) is 2.97. The summed E-state index contributed by atoms with van der Waals surface area (Å²) in [5.41, 5.74) is 2.59. The molecule has 2 aromatic rings. The smallest absolute Gasteiger partial charge is 0.244 e. The van der Waals surface area contributed by atoms with E-state index < -0.39 is 27.5 Å². The number of anilines is 1. The zero-order chi connectivity index (χ0) is 26.4. The standard InChI is InChI=1S/C27H39N3O4S/c1-8-23(26(32)28-27(4,5)6)29(18-17-22-15-10-9-11-16-22)24(31)19-30(35(7,33)34)25-20(2)13-12-14-21(25)3/h9-16,23H,8,17-19H2,1-7H3,(H,28,32)/t23-/m0/s1. The van der Waals surface area contributed by atoms with Crippen molar-refractivity contribution in [2.75, 3.05) is 23.7 Å². The van der Waals surface area contributed by atoms with Gasteiger partial charge < -0.3 is 10.2 Å². The molecule has 0 radical (unpaired) electrons. The molecule has 2 amide bonds. The fourth-order valence-corrected chi connectivity index (χ4v) is 5.09. The summed E-state index contributed by atoms with van der Waals surface area (Å²) in [6.07, 6.45) is 2.06. The maximum atomic E-state index is 13.7. The van der Waals surface area contributed by atoms with Crippen LogP contribution in [0.25, 0.3) is 0 Å². The second kappa shape index (κ2) is 11.7. The van der Waals surface area contributed by atoms with E-state index in [4.69, 9.17) is 0 Å². The summed E-state index contributed by atoms with van der Waals surface area (Å²) in [7, 11) is -3.75. The molecule has 0 aliphatic rings. The molecule has 0 aliphatic carbocycles. The van der Waals surface area contributed by atoms with Gasteiger partial charge in [-0.15, -0.1) is 0 Å². The first-order valence-electron chi connectivity index (χ1n) is 11.9. The van der Waals surface area contributed by atoms with Crippen molar-refractivity contribution in [1.29, 1.82) is 0 Å². The van der Waals surface area contributed by atoms with Gasteiger partial charge in [0.25, 0.3) is 0 Å². The molecule has 0 fully saturated rings. The number of benzene rings is 2. The van der Waals surface area contributed by atoms with Gasteiger partial charge in [-0.1, -0.05) is 55.5 Å². The lowest BCUT2D eigenvalue weighted by Gasteiger charge is -2.35. The maximum absolute atomic E-state index is 13.7. The second-order valence-corrected chi connectivity index (χ2v) is 11.9. The lowest BCUT2D eigenvalue weighted by molar-refractivity contribution is -0.140. The van der Waals surface area contributed by atoms with Gasteiger partial charge in [0, 0.05) is 12.1 Å². The molecule has 192 valence electrons. The van der Waals surface area contributed by atoms with Gasteiger partial charge in [0.05, 0.1) is 11.9 Å². The first-order chi connectivity index (χ1) is 16.2. The zero-order valence-corrected chi connectivity index (χ0v) is 22.8. The molecule has 0 spiro atoms. The number of hydrogen-bond donors (Lipinski definition) is 1. The average molecular weight is 502 g/mol. The van der Waals surface area contributed by atoms with Crippen LogP contribution < -0.4 is 9.62 Å². The zero-order valence-electron chi connectivity index (χ0n) is 22.0. The summed E-state index contributed by atoms with van der Waals surface area (Å²) in [4.78, 5) is 28.4. The molecule has 0 bridgehead atoms. The van der Waals surface area contributed by atoms with E-state index in [0.717, 1.165) is 27.3 Å². The van der Waals surface area contributed by atoms with E-state index in [1.54, 1.807) is 0 Å². The number of sulfonamides is 1. The summed E-state index contributed by atoms with van der Waals surface area (Å²) in [6, 6.07) is 14.5. The van der Waals surface area contributed by atoms with Crippen LogP contribution in [0, 0.1) is 13.8 Å². The Hall–Kier alpha value is -2.87. The van der Waals surface area contributed by atoms with Crippen LogP contribution in [-0.2, 0) is 26.0 Å². The molecule has 2 rings (SSSR count). The number of rotatable bonds is 10. The lowest BCUT2D eigenvalue weighted by Crippen LogP contribution is -2.56. The van der Waals surface area contributed by atoms with Crippen LogP contribution in [-0.4, -0.2) is 56.1 Å². The number of para-hydroxylation sites is 1. The maximum Gasteiger partial charge on any atom is 0.244 e. The van der Waals surface area contributed by atoms with Crippen LogP contribution in [0.3, 0.4) is 0 Å². The fourth-order valence-electron chi connectivity index (χ4n) is 4.12. The van der Waals surface area contributed by atoms with E-state index in [-0.39, 0.29) is 12.5 Å². The quantitative estimate of drug-likeness (QED) is 0.536. The van der Waals surface area contributed by atoms with Crippen LogP contribution in [0.2, 0.25) is 0 Å². The minimum absolute atomic E-state index is 0.251. The summed E-state index contributed by atoms with van der Waals surface area (Å²) >= 11 is 0. The van der Waals surface area contributed by atoms with Gasteiger partial charge >= 0.3 is 0 Å². The van der Waals surface area contributed by atoms with Crippen LogP contribution in [0.1, 0.15) is 50.8 Å². The molecule has 2 aromatic carbocycles. The molecule has 0 aromatic heterocycles. The number of nitrogens with one attached hydrogen (secondary N) is 1. The molecule has 0 unspecified atom stereocenters. The van der Waals surface area contributed by atoms with E-state index >= 15 is 0 Å². The molecular formula is C27H39N3O4S. The molecule has 1 atom stereocenters. The summed E-state index contributed by atoms with van der Waals surface area (Å²) < 4.78 is 26.8. The fraction of sp³-hybridized carbons (Fsp3) is 0.481. The Morgan fingerprint density at radius 2 is 1.54 bits per heavy atom. The third kappa shape index (κ3) is 8.09. The van der Waals surface area contributed by atoms with Crippen LogP contribution >= 0.6 is 0 Å². The average Bonchev–Trinajstić information content (AvgIpc) is 2.74. The molecule has 0 heterocycles. The molecule has 0 saturated heterocycles. The predicted molar refractivity (Wildman–Crippen MR) is 142 cm³/mol. The Morgan fingerprint density at radius 1 is 0.971 bits per heavy atom. The van der Waals surface area contributed by atoms with Crippen LogP contribution in [0.15, 0.2) is 48.5 Å². The monoisotopic (exact) mass is 501 g/mol. The lowest BCUT2D eigenvalue weighted by atomic mass is 10.1. The Kier molecular flexibility index (Phi) is 9.49. The Balaban J connectivity index is 2.44. The van der Waals surface area contributed by atoms with Gasteiger partial charge in [-0.05, 0) is 64.2 Å². The Morgan fingerprint density at radius 3 is 2.03 bits per heavy atom. The number of nitrogens with zero attached hydrogens (tertiary/aromatic N) is 2. The highest BCUT2D eigenvalue weighted by atomic mass is 32.2. The Labute approximate surface area is 210 Å². The molecule has 8 heteroatoms.